The summed E-state index contributed by atoms with van der Waals surface area (Å²) in [6.45, 7) is 6.04. The lowest BCUT2D eigenvalue weighted by Crippen LogP contribution is -2.48. The minimum absolute atomic E-state index is 0.297. The van der Waals surface area contributed by atoms with E-state index in [1.54, 1.807) is 11.3 Å². The molecule has 1 aliphatic heterocycles. The normalized spacial score (nSPS) is 17.5. The molecule has 1 aromatic carbocycles. The lowest BCUT2D eigenvalue weighted by Gasteiger charge is -2.37. The number of hydrogen-bond acceptors (Lipinski definition) is 4. The van der Waals surface area contributed by atoms with Crippen LogP contribution < -0.4 is 10.2 Å². The smallest absolute Gasteiger partial charge is 0.337 e. The van der Waals surface area contributed by atoms with Crippen LogP contribution in [-0.4, -0.2) is 18.2 Å². The van der Waals surface area contributed by atoms with E-state index in [1.165, 1.54) is 18.2 Å². The van der Waals surface area contributed by atoms with Crippen LogP contribution in [0.5, 0.6) is 0 Å². The van der Waals surface area contributed by atoms with Crippen molar-refractivity contribution in [3.8, 4) is 0 Å². The Morgan fingerprint density at radius 2 is 2.00 bits per heavy atom. The van der Waals surface area contributed by atoms with E-state index < -0.39 is 0 Å². The molecule has 0 bridgehead atoms. The summed E-state index contributed by atoms with van der Waals surface area (Å²) < 4.78 is 5.05. The standard InChI is InChI=1S/C19H20N2O2S2/c1-11-5-6-15(9-12(11)2)21-13(3)16(18(22)23-4)17(20-19(21)24)14-7-8-25-10-14/h5-10,17H,1-4H3,(H,20,24)/t17-/m0/s1. The summed E-state index contributed by atoms with van der Waals surface area (Å²) in [6.07, 6.45) is 0. The van der Waals surface area contributed by atoms with Crippen molar-refractivity contribution in [2.75, 3.05) is 12.0 Å². The summed E-state index contributed by atoms with van der Waals surface area (Å²) in [6, 6.07) is 7.84. The molecule has 2 aromatic rings. The number of allylic oxidation sites excluding steroid dienone is 1. The zero-order valence-corrected chi connectivity index (χ0v) is 16.3. The van der Waals surface area contributed by atoms with Crippen LogP contribution in [0.2, 0.25) is 0 Å². The molecule has 3 rings (SSSR count). The van der Waals surface area contributed by atoms with Crippen molar-refractivity contribution in [3.05, 3.63) is 63.0 Å². The van der Waals surface area contributed by atoms with Gasteiger partial charge in [-0.15, -0.1) is 0 Å². The highest BCUT2D eigenvalue weighted by molar-refractivity contribution is 7.80. The van der Waals surface area contributed by atoms with E-state index in [0.29, 0.717) is 10.7 Å². The molecule has 4 nitrogen and oxygen atoms in total. The number of nitrogens with one attached hydrogen (secondary N) is 1. The first-order valence-corrected chi connectivity index (χ1v) is 9.28. The number of anilines is 1. The maximum Gasteiger partial charge on any atom is 0.337 e. The molecule has 1 N–H and O–H groups in total. The molecule has 25 heavy (non-hydrogen) atoms. The maximum atomic E-state index is 12.5. The number of rotatable bonds is 3. The first kappa shape index (κ1) is 17.6. The number of hydrogen-bond donors (Lipinski definition) is 1. The van der Waals surface area contributed by atoms with Crippen LogP contribution in [0.1, 0.15) is 29.7 Å². The molecule has 6 heteroatoms. The number of thiophene rings is 1. The van der Waals surface area contributed by atoms with Crippen LogP contribution in [0.3, 0.4) is 0 Å². The Balaban J connectivity index is 2.14. The highest BCUT2D eigenvalue weighted by Crippen LogP contribution is 2.35. The van der Waals surface area contributed by atoms with Crippen molar-refractivity contribution >= 4 is 40.3 Å². The molecule has 0 fully saturated rings. The Hall–Kier alpha value is -2.18. The number of aryl methyl sites for hydroxylation is 2. The molecule has 1 aromatic heterocycles. The lowest BCUT2D eigenvalue weighted by atomic mass is 9.96. The van der Waals surface area contributed by atoms with Crippen molar-refractivity contribution in [1.29, 1.82) is 0 Å². The van der Waals surface area contributed by atoms with Crippen molar-refractivity contribution < 1.29 is 9.53 Å². The van der Waals surface area contributed by atoms with Gasteiger partial charge in [0.2, 0.25) is 0 Å². The first-order chi connectivity index (χ1) is 11.9. The maximum absolute atomic E-state index is 12.5. The van der Waals surface area contributed by atoms with Gasteiger partial charge in [0.1, 0.15) is 0 Å². The highest BCUT2D eigenvalue weighted by atomic mass is 32.1. The zero-order chi connectivity index (χ0) is 18.1. The molecule has 0 saturated carbocycles. The van der Waals surface area contributed by atoms with E-state index in [1.807, 2.05) is 34.7 Å². The van der Waals surface area contributed by atoms with Crippen LogP contribution in [0.15, 0.2) is 46.3 Å². The molecular formula is C19H20N2O2S2. The number of benzene rings is 1. The van der Waals surface area contributed by atoms with E-state index in [4.69, 9.17) is 17.0 Å². The number of ether oxygens (including phenoxy) is 1. The molecule has 0 saturated heterocycles. The number of carbonyl (C=O) groups excluding carboxylic acids is 1. The van der Waals surface area contributed by atoms with Crippen molar-refractivity contribution in [1.82, 2.24) is 5.32 Å². The lowest BCUT2D eigenvalue weighted by molar-refractivity contribution is -0.136. The summed E-state index contributed by atoms with van der Waals surface area (Å²) in [5, 5.41) is 7.88. The Bertz CT molecular complexity index is 856. The second-order valence-corrected chi connectivity index (χ2v) is 7.20. The minimum Gasteiger partial charge on any atom is -0.466 e. The predicted molar refractivity (Wildman–Crippen MR) is 106 cm³/mol. The van der Waals surface area contributed by atoms with Gasteiger partial charge in [-0.05, 0) is 78.6 Å². The third-order valence-electron chi connectivity index (χ3n) is 4.52. The summed E-state index contributed by atoms with van der Waals surface area (Å²) in [7, 11) is 1.40. The second kappa shape index (κ2) is 6.98. The topological polar surface area (TPSA) is 41.6 Å². The number of esters is 1. The van der Waals surface area contributed by atoms with Gasteiger partial charge in [0.05, 0.1) is 18.7 Å². The average molecular weight is 373 g/mol. The quantitative estimate of drug-likeness (QED) is 0.644. The van der Waals surface area contributed by atoms with Gasteiger partial charge in [-0.1, -0.05) is 6.07 Å². The van der Waals surface area contributed by atoms with Crippen LogP contribution in [0.25, 0.3) is 0 Å². The third-order valence-corrected chi connectivity index (χ3v) is 5.52. The van der Waals surface area contributed by atoms with Crippen molar-refractivity contribution in [3.63, 3.8) is 0 Å². The van der Waals surface area contributed by atoms with Gasteiger partial charge in [-0.25, -0.2) is 4.79 Å². The van der Waals surface area contributed by atoms with Gasteiger partial charge >= 0.3 is 5.97 Å². The number of carbonyl (C=O) groups is 1. The van der Waals surface area contributed by atoms with Crippen LogP contribution in [0.4, 0.5) is 5.69 Å². The van der Waals surface area contributed by atoms with Gasteiger partial charge in [-0.3, -0.25) is 4.90 Å². The van der Waals surface area contributed by atoms with Crippen LogP contribution in [0, 0.1) is 13.8 Å². The molecule has 1 aliphatic rings. The number of nitrogens with zero attached hydrogens (tertiary/aromatic N) is 1. The molecule has 0 amide bonds. The second-order valence-electron chi connectivity index (χ2n) is 6.03. The minimum atomic E-state index is -0.350. The summed E-state index contributed by atoms with van der Waals surface area (Å²) in [5.41, 5.74) is 5.69. The Morgan fingerprint density at radius 1 is 1.24 bits per heavy atom. The monoisotopic (exact) mass is 372 g/mol. The molecule has 0 aliphatic carbocycles. The van der Waals surface area contributed by atoms with Gasteiger partial charge in [0, 0.05) is 11.4 Å². The van der Waals surface area contributed by atoms with Crippen molar-refractivity contribution in [2.24, 2.45) is 0 Å². The fourth-order valence-electron chi connectivity index (χ4n) is 2.98. The fourth-order valence-corrected chi connectivity index (χ4v) is 4.03. The molecular weight excluding hydrogens is 352 g/mol. The molecule has 1 atom stereocenters. The van der Waals surface area contributed by atoms with Gasteiger partial charge in [0.25, 0.3) is 0 Å². The summed E-state index contributed by atoms with van der Waals surface area (Å²) in [4.78, 5) is 14.4. The summed E-state index contributed by atoms with van der Waals surface area (Å²) >= 11 is 7.21. The van der Waals surface area contributed by atoms with Crippen LogP contribution >= 0.6 is 23.6 Å². The first-order valence-electron chi connectivity index (χ1n) is 7.93. The van der Waals surface area contributed by atoms with E-state index in [0.717, 1.165) is 16.9 Å². The molecule has 0 radical (unpaired) electrons. The van der Waals surface area contributed by atoms with Crippen molar-refractivity contribution in [2.45, 2.75) is 26.8 Å². The molecule has 130 valence electrons. The SMILES string of the molecule is COC(=O)C1=C(C)N(c2ccc(C)c(C)c2)C(=S)N[C@H]1c1ccsc1. The molecule has 2 heterocycles. The van der Waals surface area contributed by atoms with E-state index in [-0.39, 0.29) is 12.0 Å². The zero-order valence-electron chi connectivity index (χ0n) is 14.6. The Labute approximate surface area is 157 Å². The van der Waals surface area contributed by atoms with E-state index in [2.05, 4.69) is 31.3 Å². The highest BCUT2D eigenvalue weighted by Gasteiger charge is 2.35. The molecule has 0 unspecified atom stereocenters. The van der Waals surface area contributed by atoms with Gasteiger partial charge in [-0.2, -0.15) is 11.3 Å². The Morgan fingerprint density at radius 3 is 2.60 bits per heavy atom. The van der Waals surface area contributed by atoms with Gasteiger partial charge < -0.3 is 10.1 Å². The Kier molecular flexibility index (Phi) is 4.92. The van der Waals surface area contributed by atoms with E-state index >= 15 is 0 Å². The van der Waals surface area contributed by atoms with Gasteiger partial charge in [0.15, 0.2) is 5.11 Å². The largest absolute Gasteiger partial charge is 0.466 e. The number of thiocarbonyl (C=S) groups is 1. The van der Waals surface area contributed by atoms with Crippen LogP contribution in [-0.2, 0) is 9.53 Å². The molecule has 0 spiro atoms. The number of methoxy groups -OCH3 is 1. The fraction of sp³-hybridized carbons (Fsp3) is 0.263. The third kappa shape index (κ3) is 3.19. The summed E-state index contributed by atoms with van der Waals surface area (Å²) in [5.74, 6) is -0.350. The average Bonchev–Trinajstić information content (AvgIpc) is 3.11. The predicted octanol–water partition coefficient (Wildman–Crippen LogP) is 4.25. The van der Waals surface area contributed by atoms with E-state index in [9.17, 15) is 4.79 Å².